The predicted molar refractivity (Wildman–Crippen MR) is 119 cm³/mol. The molecule has 30 heavy (non-hydrogen) atoms. The van der Waals surface area contributed by atoms with Gasteiger partial charge in [-0.05, 0) is 56.3 Å². The molecule has 2 aliphatic rings. The van der Waals surface area contributed by atoms with E-state index in [9.17, 15) is 4.79 Å². The van der Waals surface area contributed by atoms with E-state index >= 15 is 0 Å². The highest BCUT2D eigenvalue weighted by Crippen LogP contribution is 2.21. The first-order valence-corrected chi connectivity index (χ1v) is 11.2. The molecule has 1 aliphatic carbocycles. The van der Waals surface area contributed by atoms with Crippen molar-refractivity contribution in [3.8, 4) is 0 Å². The highest BCUT2D eigenvalue weighted by atomic mass is 16.1. The number of likely N-dealkylation sites (tertiary alicyclic amines) is 1. The third-order valence-electron chi connectivity index (χ3n) is 6.65. The van der Waals surface area contributed by atoms with Gasteiger partial charge in [-0.25, -0.2) is 9.67 Å². The van der Waals surface area contributed by atoms with E-state index in [0.717, 1.165) is 67.1 Å². The zero-order valence-electron chi connectivity index (χ0n) is 17.7. The summed E-state index contributed by atoms with van der Waals surface area (Å²) in [4.78, 5) is 19.7. The molecule has 2 aromatic heterocycles. The van der Waals surface area contributed by atoms with E-state index in [1.807, 2.05) is 12.1 Å². The number of aryl methyl sites for hydroxylation is 3. The molecule has 1 aromatic carbocycles. The smallest absolute Gasteiger partial charge is 0.267 e. The lowest BCUT2D eigenvalue weighted by molar-refractivity contribution is 0.147. The Hall–Kier alpha value is -2.67. The maximum absolute atomic E-state index is 12.4. The van der Waals surface area contributed by atoms with Crippen molar-refractivity contribution in [3.05, 3.63) is 51.9 Å². The summed E-state index contributed by atoms with van der Waals surface area (Å²) in [5.74, 6) is 0.915. The Balaban J connectivity index is 1.25. The third kappa shape index (κ3) is 3.74. The van der Waals surface area contributed by atoms with Crippen LogP contribution in [0, 0.1) is 0 Å². The molecule has 5 rings (SSSR count). The number of rotatable bonds is 6. The number of para-hydroxylation sites is 2. The van der Waals surface area contributed by atoms with Gasteiger partial charge in [0, 0.05) is 32.2 Å². The number of benzene rings is 1. The van der Waals surface area contributed by atoms with Gasteiger partial charge in [-0.3, -0.25) is 9.69 Å². The number of aromatic nitrogens is 4. The maximum Gasteiger partial charge on any atom is 0.267 e. The molecule has 0 bridgehead atoms. The van der Waals surface area contributed by atoms with Gasteiger partial charge in [0.25, 0.3) is 5.56 Å². The van der Waals surface area contributed by atoms with E-state index in [-0.39, 0.29) is 5.56 Å². The molecule has 1 aliphatic heterocycles. The van der Waals surface area contributed by atoms with Crippen molar-refractivity contribution in [1.29, 1.82) is 0 Å². The van der Waals surface area contributed by atoms with Gasteiger partial charge in [0.2, 0.25) is 5.95 Å². The van der Waals surface area contributed by atoms with Gasteiger partial charge in [-0.2, -0.15) is 5.10 Å². The van der Waals surface area contributed by atoms with Crippen LogP contribution in [0.5, 0.6) is 0 Å². The van der Waals surface area contributed by atoms with Gasteiger partial charge in [-0.15, -0.1) is 0 Å². The fraction of sp³-hybridized carbons (Fsp3) is 0.522. The number of fused-ring (bicyclic) bond motifs is 2. The van der Waals surface area contributed by atoms with Crippen LogP contribution in [0.1, 0.15) is 36.9 Å². The van der Waals surface area contributed by atoms with E-state index in [0.29, 0.717) is 12.6 Å². The molecule has 0 spiro atoms. The van der Waals surface area contributed by atoms with Gasteiger partial charge < -0.3 is 9.88 Å². The van der Waals surface area contributed by atoms with Crippen molar-refractivity contribution in [2.45, 2.75) is 51.1 Å². The van der Waals surface area contributed by atoms with Crippen LogP contribution in [0.2, 0.25) is 0 Å². The molecular formula is C23H30N6O. The molecule has 1 atom stereocenters. The lowest BCUT2D eigenvalue weighted by atomic mass is 10.0. The Morgan fingerprint density at radius 3 is 2.93 bits per heavy atom. The van der Waals surface area contributed by atoms with E-state index in [2.05, 4.69) is 39.1 Å². The van der Waals surface area contributed by atoms with Crippen molar-refractivity contribution < 1.29 is 0 Å². The first-order valence-electron chi connectivity index (χ1n) is 11.2. The Labute approximate surface area is 176 Å². The first kappa shape index (κ1) is 19.3. The highest BCUT2D eigenvalue weighted by molar-refractivity contribution is 5.78. The van der Waals surface area contributed by atoms with Gasteiger partial charge in [0.1, 0.15) is 0 Å². The summed E-state index contributed by atoms with van der Waals surface area (Å²) < 4.78 is 3.80. The van der Waals surface area contributed by atoms with Crippen molar-refractivity contribution in [1.82, 2.24) is 24.2 Å². The molecule has 0 radical (unpaired) electrons. The third-order valence-corrected chi connectivity index (χ3v) is 6.65. The number of piperidine rings is 1. The average molecular weight is 407 g/mol. The number of imidazole rings is 1. The lowest BCUT2D eigenvalue weighted by Crippen LogP contribution is -2.46. The van der Waals surface area contributed by atoms with E-state index in [4.69, 9.17) is 4.98 Å². The average Bonchev–Trinajstić information content (AvgIpc) is 3.35. The molecule has 3 aromatic rings. The fourth-order valence-electron chi connectivity index (χ4n) is 4.92. The molecule has 1 saturated heterocycles. The number of hydrogen-bond donors (Lipinski definition) is 1. The Morgan fingerprint density at radius 2 is 2.03 bits per heavy atom. The fourth-order valence-corrected chi connectivity index (χ4v) is 4.92. The van der Waals surface area contributed by atoms with Gasteiger partial charge in [0.15, 0.2) is 0 Å². The summed E-state index contributed by atoms with van der Waals surface area (Å²) in [6.07, 6.45) is 6.76. The zero-order valence-corrected chi connectivity index (χ0v) is 17.7. The normalized spacial score (nSPS) is 19.3. The number of hydrogen-bond acceptors (Lipinski definition) is 5. The Kier molecular flexibility index (Phi) is 5.29. The number of anilines is 1. The van der Waals surface area contributed by atoms with Crippen molar-refractivity contribution >= 4 is 17.0 Å². The minimum atomic E-state index is 0.0436. The first-order chi connectivity index (χ1) is 14.7. The van der Waals surface area contributed by atoms with Crippen molar-refractivity contribution in [2.24, 2.45) is 7.05 Å². The summed E-state index contributed by atoms with van der Waals surface area (Å²) >= 11 is 0. The summed E-state index contributed by atoms with van der Waals surface area (Å²) in [6.45, 7) is 3.47. The number of nitrogens with zero attached hydrogens (tertiary/aromatic N) is 5. The van der Waals surface area contributed by atoms with Crippen molar-refractivity contribution in [2.75, 3.05) is 25.0 Å². The molecule has 1 N–H and O–H groups in total. The van der Waals surface area contributed by atoms with E-state index < -0.39 is 0 Å². The largest absolute Gasteiger partial charge is 0.354 e. The summed E-state index contributed by atoms with van der Waals surface area (Å²) in [5.41, 5.74) is 4.47. The summed E-state index contributed by atoms with van der Waals surface area (Å²) in [7, 11) is 2.06. The van der Waals surface area contributed by atoms with Crippen molar-refractivity contribution in [3.63, 3.8) is 0 Å². The van der Waals surface area contributed by atoms with Crippen LogP contribution in [-0.2, 0) is 26.4 Å². The van der Waals surface area contributed by atoms with Gasteiger partial charge in [0.05, 0.1) is 23.3 Å². The highest BCUT2D eigenvalue weighted by Gasteiger charge is 2.23. The molecule has 1 fully saturated rings. The Bertz CT molecular complexity index is 1100. The second-order valence-electron chi connectivity index (χ2n) is 8.58. The molecule has 7 nitrogen and oxygen atoms in total. The van der Waals surface area contributed by atoms with E-state index in [1.165, 1.54) is 19.3 Å². The predicted octanol–water partition coefficient (Wildman–Crippen LogP) is 2.59. The van der Waals surface area contributed by atoms with Crippen LogP contribution in [0.3, 0.4) is 0 Å². The minimum absolute atomic E-state index is 0.0436. The topological polar surface area (TPSA) is 68.0 Å². The van der Waals surface area contributed by atoms with Crippen LogP contribution in [0.15, 0.2) is 35.1 Å². The lowest BCUT2D eigenvalue weighted by Gasteiger charge is -2.35. The molecule has 158 valence electrons. The maximum atomic E-state index is 12.4. The van der Waals surface area contributed by atoms with Crippen LogP contribution in [0.25, 0.3) is 11.0 Å². The van der Waals surface area contributed by atoms with Crippen LogP contribution in [-0.4, -0.2) is 49.9 Å². The van der Waals surface area contributed by atoms with E-state index in [1.54, 1.807) is 10.7 Å². The molecule has 0 amide bonds. The molecule has 0 saturated carbocycles. The summed E-state index contributed by atoms with van der Waals surface area (Å²) in [5, 5.41) is 8.21. The molecule has 1 unspecified atom stereocenters. The second-order valence-corrected chi connectivity index (χ2v) is 8.58. The van der Waals surface area contributed by atoms with Crippen LogP contribution >= 0.6 is 0 Å². The second kappa shape index (κ2) is 8.22. The number of nitrogens with one attached hydrogen (secondary N) is 1. The Morgan fingerprint density at radius 1 is 1.13 bits per heavy atom. The quantitative estimate of drug-likeness (QED) is 0.682. The summed E-state index contributed by atoms with van der Waals surface area (Å²) in [6, 6.07) is 10.5. The van der Waals surface area contributed by atoms with Crippen LogP contribution in [0.4, 0.5) is 5.95 Å². The SMILES string of the molecule is Cn1c(NCC2CCCCN2CCn2nc3c(cc2=O)CCC3)nc2ccccc21. The standard InChI is InChI=1S/C23H30N6O/c1-27-21-11-3-2-9-20(21)25-23(27)24-16-18-8-4-5-12-28(18)13-14-29-22(30)15-17-7-6-10-19(17)26-29/h2-3,9,11,15,18H,4-8,10,12-14,16H2,1H3,(H,24,25). The molecule has 3 heterocycles. The van der Waals surface area contributed by atoms with Crippen LogP contribution < -0.4 is 10.9 Å². The van der Waals surface area contributed by atoms with Gasteiger partial charge >= 0.3 is 0 Å². The monoisotopic (exact) mass is 406 g/mol. The zero-order chi connectivity index (χ0) is 20.5. The molecular weight excluding hydrogens is 376 g/mol. The van der Waals surface area contributed by atoms with Gasteiger partial charge in [-0.1, -0.05) is 18.6 Å². The minimum Gasteiger partial charge on any atom is -0.354 e. The molecule has 7 heteroatoms.